The number of hydrogen-bond acceptors (Lipinski definition) is 5. The van der Waals surface area contributed by atoms with Crippen LogP contribution >= 0.6 is 11.3 Å². The normalized spacial score (nSPS) is 11.0. The molecule has 0 aliphatic heterocycles. The Morgan fingerprint density at radius 2 is 2.33 bits per heavy atom. The Labute approximate surface area is 89.4 Å². The molecule has 6 heteroatoms. The van der Waals surface area contributed by atoms with Gasteiger partial charge in [-0.1, -0.05) is 11.3 Å². The van der Waals surface area contributed by atoms with Gasteiger partial charge in [0.15, 0.2) is 5.65 Å². The molecule has 0 aliphatic rings. The third-order valence-corrected chi connectivity index (χ3v) is 2.98. The molecular formula is C9H7N5S. The standard InChI is InChI=1S/C9H7N5S/c1-14-9-8(12-13-14)10-5-6(11-9)7-3-2-4-15-7/h2-5H,1H3. The van der Waals surface area contributed by atoms with Gasteiger partial charge in [0, 0.05) is 7.05 Å². The average Bonchev–Trinajstić information content (AvgIpc) is 2.88. The topological polar surface area (TPSA) is 56.5 Å². The molecule has 3 heterocycles. The summed E-state index contributed by atoms with van der Waals surface area (Å²) in [5.74, 6) is 0. The molecule has 5 nitrogen and oxygen atoms in total. The minimum absolute atomic E-state index is 0.581. The van der Waals surface area contributed by atoms with E-state index in [1.807, 2.05) is 24.6 Å². The second-order valence-corrected chi connectivity index (χ2v) is 4.04. The van der Waals surface area contributed by atoms with Gasteiger partial charge < -0.3 is 0 Å². The van der Waals surface area contributed by atoms with Crippen molar-refractivity contribution in [3.63, 3.8) is 0 Å². The summed E-state index contributed by atoms with van der Waals surface area (Å²) in [6.45, 7) is 0. The fourth-order valence-electron chi connectivity index (χ4n) is 1.36. The van der Waals surface area contributed by atoms with Gasteiger partial charge in [-0.05, 0) is 11.4 Å². The Hall–Kier alpha value is -1.82. The second kappa shape index (κ2) is 3.09. The Balaban J connectivity index is 2.25. The molecule has 3 rings (SSSR count). The highest BCUT2D eigenvalue weighted by molar-refractivity contribution is 7.13. The zero-order chi connectivity index (χ0) is 10.3. The van der Waals surface area contributed by atoms with Crippen LogP contribution in [-0.2, 0) is 7.05 Å². The van der Waals surface area contributed by atoms with Crippen molar-refractivity contribution >= 4 is 22.6 Å². The fourth-order valence-corrected chi connectivity index (χ4v) is 2.04. The molecule has 0 amide bonds. The van der Waals surface area contributed by atoms with Crippen molar-refractivity contribution in [1.29, 1.82) is 0 Å². The van der Waals surface area contributed by atoms with E-state index in [4.69, 9.17) is 0 Å². The molecule has 0 spiro atoms. The SMILES string of the molecule is Cn1nnc2ncc(-c3cccs3)nc21. The second-order valence-electron chi connectivity index (χ2n) is 3.09. The van der Waals surface area contributed by atoms with Crippen molar-refractivity contribution in [2.45, 2.75) is 0 Å². The van der Waals surface area contributed by atoms with Gasteiger partial charge >= 0.3 is 0 Å². The third kappa shape index (κ3) is 1.30. The molecule has 0 bridgehead atoms. The maximum Gasteiger partial charge on any atom is 0.221 e. The van der Waals surface area contributed by atoms with Gasteiger partial charge in [-0.3, -0.25) is 0 Å². The predicted octanol–water partition coefficient (Wildman–Crippen LogP) is 1.49. The molecule has 15 heavy (non-hydrogen) atoms. The summed E-state index contributed by atoms with van der Waals surface area (Å²) in [6.07, 6.45) is 1.73. The zero-order valence-corrected chi connectivity index (χ0v) is 8.77. The van der Waals surface area contributed by atoms with Gasteiger partial charge in [-0.15, -0.1) is 16.4 Å². The van der Waals surface area contributed by atoms with E-state index in [1.54, 1.807) is 22.2 Å². The molecule has 3 aromatic rings. The smallest absolute Gasteiger partial charge is 0.221 e. The van der Waals surface area contributed by atoms with Crippen molar-refractivity contribution in [2.24, 2.45) is 7.05 Å². The number of aryl methyl sites for hydroxylation is 1. The van der Waals surface area contributed by atoms with E-state index >= 15 is 0 Å². The highest BCUT2D eigenvalue weighted by atomic mass is 32.1. The van der Waals surface area contributed by atoms with E-state index in [2.05, 4.69) is 20.3 Å². The minimum Gasteiger partial charge on any atom is -0.230 e. The summed E-state index contributed by atoms with van der Waals surface area (Å²) in [5.41, 5.74) is 2.15. The molecule has 0 saturated heterocycles. The minimum atomic E-state index is 0.581. The van der Waals surface area contributed by atoms with Gasteiger partial charge in [0.25, 0.3) is 0 Å². The van der Waals surface area contributed by atoms with Crippen LogP contribution < -0.4 is 0 Å². The van der Waals surface area contributed by atoms with Crippen LogP contribution in [0.15, 0.2) is 23.7 Å². The van der Waals surface area contributed by atoms with E-state index in [0.717, 1.165) is 10.6 Å². The quantitative estimate of drug-likeness (QED) is 0.619. The number of fused-ring (bicyclic) bond motifs is 1. The highest BCUT2D eigenvalue weighted by Crippen LogP contribution is 2.22. The lowest BCUT2D eigenvalue weighted by atomic mass is 10.3. The Bertz CT molecular complexity index is 598. The Kier molecular flexibility index (Phi) is 1.75. The lowest BCUT2D eigenvalue weighted by Crippen LogP contribution is -1.93. The van der Waals surface area contributed by atoms with E-state index in [9.17, 15) is 0 Å². The average molecular weight is 217 g/mol. The molecule has 0 radical (unpaired) electrons. The van der Waals surface area contributed by atoms with Crippen LogP contribution in [0.3, 0.4) is 0 Å². The summed E-state index contributed by atoms with van der Waals surface area (Å²) >= 11 is 1.64. The molecule has 0 aliphatic carbocycles. The molecule has 0 N–H and O–H groups in total. The van der Waals surface area contributed by atoms with Crippen LogP contribution in [0.2, 0.25) is 0 Å². The summed E-state index contributed by atoms with van der Waals surface area (Å²) in [4.78, 5) is 9.77. The summed E-state index contributed by atoms with van der Waals surface area (Å²) in [6, 6.07) is 4.01. The Morgan fingerprint density at radius 1 is 1.40 bits per heavy atom. The molecular weight excluding hydrogens is 210 g/mol. The number of thiophene rings is 1. The first kappa shape index (κ1) is 8.49. The van der Waals surface area contributed by atoms with Crippen molar-refractivity contribution in [3.8, 4) is 10.6 Å². The van der Waals surface area contributed by atoms with Crippen molar-refractivity contribution in [3.05, 3.63) is 23.7 Å². The third-order valence-electron chi connectivity index (χ3n) is 2.09. The molecule has 0 saturated carbocycles. The first-order valence-corrected chi connectivity index (χ1v) is 5.29. The molecule has 0 unspecified atom stereocenters. The summed E-state index contributed by atoms with van der Waals surface area (Å²) < 4.78 is 1.62. The molecule has 0 aromatic carbocycles. The highest BCUT2D eigenvalue weighted by Gasteiger charge is 2.07. The van der Waals surface area contributed by atoms with Crippen LogP contribution in [0.5, 0.6) is 0 Å². The van der Waals surface area contributed by atoms with E-state index in [1.165, 1.54) is 0 Å². The van der Waals surface area contributed by atoms with Crippen molar-refractivity contribution < 1.29 is 0 Å². The van der Waals surface area contributed by atoms with Crippen LogP contribution in [0.25, 0.3) is 21.9 Å². The molecule has 3 aromatic heterocycles. The first-order chi connectivity index (χ1) is 7.34. The maximum atomic E-state index is 4.46. The lowest BCUT2D eigenvalue weighted by Gasteiger charge is -1.95. The Morgan fingerprint density at radius 3 is 3.13 bits per heavy atom. The lowest BCUT2D eigenvalue weighted by molar-refractivity contribution is 0.730. The fraction of sp³-hybridized carbons (Fsp3) is 0.111. The number of aromatic nitrogens is 5. The number of rotatable bonds is 1. The largest absolute Gasteiger partial charge is 0.230 e. The van der Waals surface area contributed by atoms with Crippen LogP contribution in [0.4, 0.5) is 0 Å². The van der Waals surface area contributed by atoms with Gasteiger partial charge in [-0.25, -0.2) is 14.6 Å². The van der Waals surface area contributed by atoms with Crippen LogP contribution in [0, 0.1) is 0 Å². The van der Waals surface area contributed by atoms with E-state index in [0.29, 0.717) is 11.3 Å². The molecule has 0 atom stereocenters. The van der Waals surface area contributed by atoms with Gasteiger partial charge in [0.05, 0.1) is 11.1 Å². The number of nitrogens with zero attached hydrogens (tertiary/aromatic N) is 5. The summed E-state index contributed by atoms with van der Waals surface area (Å²) in [5, 5.41) is 9.76. The molecule has 0 fully saturated rings. The van der Waals surface area contributed by atoms with E-state index in [-0.39, 0.29) is 0 Å². The van der Waals surface area contributed by atoms with Crippen molar-refractivity contribution in [1.82, 2.24) is 25.0 Å². The zero-order valence-electron chi connectivity index (χ0n) is 7.95. The first-order valence-electron chi connectivity index (χ1n) is 4.41. The van der Waals surface area contributed by atoms with Gasteiger partial charge in [0.1, 0.15) is 5.69 Å². The monoisotopic (exact) mass is 217 g/mol. The van der Waals surface area contributed by atoms with E-state index < -0.39 is 0 Å². The van der Waals surface area contributed by atoms with Gasteiger partial charge in [-0.2, -0.15) is 0 Å². The molecule has 74 valence electrons. The predicted molar refractivity (Wildman–Crippen MR) is 57.4 cm³/mol. The van der Waals surface area contributed by atoms with Crippen molar-refractivity contribution in [2.75, 3.05) is 0 Å². The maximum absolute atomic E-state index is 4.46. The van der Waals surface area contributed by atoms with Crippen LogP contribution in [0.1, 0.15) is 0 Å². The summed E-state index contributed by atoms with van der Waals surface area (Å²) in [7, 11) is 1.81. The number of hydrogen-bond donors (Lipinski definition) is 0. The van der Waals surface area contributed by atoms with Gasteiger partial charge in [0.2, 0.25) is 5.65 Å². The van der Waals surface area contributed by atoms with Crippen LogP contribution in [-0.4, -0.2) is 25.0 Å².